The van der Waals surface area contributed by atoms with E-state index in [-0.39, 0.29) is 12.6 Å². The molecule has 0 aliphatic carbocycles. The van der Waals surface area contributed by atoms with Gasteiger partial charge in [-0.25, -0.2) is 4.39 Å². The van der Waals surface area contributed by atoms with Crippen LogP contribution in [0.1, 0.15) is 24.9 Å². The van der Waals surface area contributed by atoms with Crippen LogP contribution in [0.2, 0.25) is 0 Å². The summed E-state index contributed by atoms with van der Waals surface area (Å²) in [6.07, 6.45) is 0.431. The summed E-state index contributed by atoms with van der Waals surface area (Å²) in [4.78, 5) is 2.09. The second-order valence-electron chi connectivity index (χ2n) is 4.62. The van der Waals surface area contributed by atoms with Gasteiger partial charge in [0.2, 0.25) is 0 Å². The van der Waals surface area contributed by atoms with E-state index in [1.807, 2.05) is 18.2 Å². The molecule has 0 bridgehead atoms. The first-order valence-corrected chi connectivity index (χ1v) is 5.73. The van der Waals surface area contributed by atoms with E-state index in [0.717, 1.165) is 0 Å². The number of halogens is 1. The minimum absolute atomic E-state index is 0.213. The molecule has 88 valence electrons. The van der Waals surface area contributed by atoms with Gasteiger partial charge in [0.05, 0.1) is 6.61 Å². The van der Waals surface area contributed by atoms with E-state index < -0.39 is 5.67 Å². The van der Waals surface area contributed by atoms with Gasteiger partial charge in [-0.2, -0.15) is 0 Å². The van der Waals surface area contributed by atoms with E-state index in [9.17, 15) is 4.39 Å². The summed E-state index contributed by atoms with van der Waals surface area (Å²) in [6.45, 7) is 2.76. The van der Waals surface area contributed by atoms with Gasteiger partial charge in [-0.1, -0.05) is 30.3 Å². The quantitative estimate of drug-likeness (QED) is 0.848. The van der Waals surface area contributed by atoms with Crippen LogP contribution in [0.4, 0.5) is 4.39 Å². The van der Waals surface area contributed by atoms with Gasteiger partial charge < -0.3 is 5.11 Å². The van der Waals surface area contributed by atoms with Gasteiger partial charge >= 0.3 is 0 Å². The fourth-order valence-electron chi connectivity index (χ4n) is 2.27. The lowest BCUT2D eigenvalue weighted by Gasteiger charge is -2.25. The summed E-state index contributed by atoms with van der Waals surface area (Å²) in [5.74, 6) is 0. The van der Waals surface area contributed by atoms with Crippen LogP contribution in [0.5, 0.6) is 0 Å². The Hall–Kier alpha value is -0.930. The molecule has 1 saturated heterocycles. The van der Waals surface area contributed by atoms with Crippen molar-refractivity contribution in [1.29, 1.82) is 0 Å². The normalized spacial score (nSPS) is 28.2. The lowest BCUT2D eigenvalue weighted by Crippen LogP contribution is -2.33. The highest BCUT2D eigenvalue weighted by Gasteiger charge is 2.39. The molecule has 1 fully saturated rings. The molecule has 2 atom stereocenters. The highest BCUT2D eigenvalue weighted by atomic mass is 19.1. The number of hydrogen-bond acceptors (Lipinski definition) is 2. The van der Waals surface area contributed by atoms with Crippen LogP contribution in [0.25, 0.3) is 0 Å². The molecule has 2 nitrogen and oxygen atoms in total. The molecule has 3 heteroatoms. The summed E-state index contributed by atoms with van der Waals surface area (Å²) in [6, 6.07) is 10.3. The number of hydrogen-bond donors (Lipinski definition) is 1. The Bertz CT molecular complexity index is 343. The topological polar surface area (TPSA) is 23.5 Å². The molecule has 0 unspecified atom stereocenters. The minimum Gasteiger partial charge on any atom is -0.393 e. The second kappa shape index (κ2) is 4.52. The molecule has 1 aliphatic heterocycles. The molecule has 16 heavy (non-hydrogen) atoms. The fraction of sp³-hybridized carbons (Fsp3) is 0.538. The number of likely N-dealkylation sites (tertiary alicyclic amines) is 1. The maximum Gasteiger partial charge on any atom is 0.147 e. The Kier molecular flexibility index (Phi) is 3.26. The van der Waals surface area contributed by atoms with E-state index in [1.165, 1.54) is 5.56 Å². The average molecular weight is 223 g/mol. The Labute approximate surface area is 95.7 Å². The summed E-state index contributed by atoms with van der Waals surface area (Å²) in [7, 11) is 0. The third kappa shape index (κ3) is 2.25. The van der Waals surface area contributed by atoms with Crippen LogP contribution in [0, 0.1) is 0 Å². The Balaban J connectivity index is 2.05. The molecule has 0 amide bonds. The molecular formula is C13H18FNO. The molecule has 1 N–H and O–H groups in total. The lowest BCUT2D eigenvalue weighted by molar-refractivity contribution is 0.0727. The molecular weight excluding hydrogens is 205 g/mol. The Morgan fingerprint density at radius 2 is 2.12 bits per heavy atom. The van der Waals surface area contributed by atoms with Crippen molar-refractivity contribution >= 4 is 0 Å². The number of aliphatic hydroxyl groups is 1. The van der Waals surface area contributed by atoms with E-state index in [1.54, 1.807) is 0 Å². The largest absolute Gasteiger partial charge is 0.393 e. The smallest absolute Gasteiger partial charge is 0.147 e. The summed E-state index contributed by atoms with van der Waals surface area (Å²) >= 11 is 0. The van der Waals surface area contributed by atoms with Crippen molar-refractivity contribution in [2.45, 2.75) is 25.1 Å². The molecule has 0 spiro atoms. The maximum absolute atomic E-state index is 13.9. The number of benzene rings is 1. The predicted molar refractivity (Wildman–Crippen MR) is 62.0 cm³/mol. The highest BCUT2D eigenvalue weighted by molar-refractivity contribution is 5.19. The minimum atomic E-state index is -1.40. The molecule has 0 aromatic heterocycles. The van der Waals surface area contributed by atoms with Crippen molar-refractivity contribution in [2.75, 3.05) is 19.7 Å². The van der Waals surface area contributed by atoms with Crippen molar-refractivity contribution in [3.63, 3.8) is 0 Å². The molecule has 1 aromatic carbocycles. The van der Waals surface area contributed by atoms with Crippen molar-refractivity contribution in [3.8, 4) is 0 Å². The predicted octanol–water partition coefficient (Wildman–Crippen LogP) is 2.15. The lowest BCUT2D eigenvalue weighted by atomic mass is 10.1. The van der Waals surface area contributed by atoms with E-state index in [2.05, 4.69) is 24.0 Å². The Morgan fingerprint density at radius 1 is 1.44 bits per heavy atom. The van der Waals surface area contributed by atoms with Crippen LogP contribution in [-0.2, 0) is 0 Å². The first-order chi connectivity index (χ1) is 7.64. The van der Waals surface area contributed by atoms with E-state index in [0.29, 0.717) is 19.5 Å². The third-order valence-corrected chi connectivity index (χ3v) is 3.45. The molecule has 0 radical (unpaired) electrons. The van der Waals surface area contributed by atoms with Crippen LogP contribution in [0.3, 0.4) is 0 Å². The van der Waals surface area contributed by atoms with Crippen LogP contribution < -0.4 is 0 Å². The molecule has 0 saturated carbocycles. The fourth-order valence-corrected chi connectivity index (χ4v) is 2.27. The van der Waals surface area contributed by atoms with Crippen LogP contribution in [-0.4, -0.2) is 35.4 Å². The zero-order valence-corrected chi connectivity index (χ0v) is 9.56. The van der Waals surface area contributed by atoms with Gasteiger partial charge in [0.15, 0.2) is 0 Å². The highest BCUT2D eigenvalue weighted by Crippen LogP contribution is 2.31. The van der Waals surface area contributed by atoms with Crippen molar-refractivity contribution in [3.05, 3.63) is 35.9 Å². The number of aliphatic hydroxyl groups excluding tert-OH is 1. The number of nitrogens with zero attached hydrogens (tertiary/aromatic N) is 1. The molecule has 1 heterocycles. The standard InChI is InChI=1S/C13H18FNO/c1-11(12-5-3-2-4-6-12)15-8-7-13(14,9-15)10-16/h2-6,11,16H,7-10H2,1H3/t11-,13+/m0/s1. The molecule has 1 aromatic rings. The van der Waals surface area contributed by atoms with Crippen LogP contribution >= 0.6 is 0 Å². The summed E-state index contributed by atoms with van der Waals surface area (Å²) in [5.41, 5.74) is -0.201. The van der Waals surface area contributed by atoms with Gasteiger partial charge in [0.1, 0.15) is 5.67 Å². The van der Waals surface area contributed by atoms with Gasteiger partial charge in [0, 0.05) is 19.1 Å². The zero-order valence-electron chi connectivity index (χ0n) is 9.56. The van der Waals surface area contributed by atoms with E-state index >= 15 is 0 Å². The number of alkyl halides is 1. The van der Waals surface area contributed by atoms with Crippen molar-refractivity contribution in [1.82, 2.24) is 4.90 Å². The molecule has 1 aliphatic rings. The van der Waals surface area contributed by atoms with E-state index in [4.69, 9.17) is 5.11 Å². The summed E-state index contributed by atoms with van der Waals surface area (Å²) in [5, 5.41) is 8.99. The molecule has 2 rings (SSSR count). The third-order valence-electron chi connectivity index (χ3n) is 3.45. The zero-order chi connectivity index (χ0) is 11.6. The van der Waals surface area contributed by atoms with Crippen LogP contribution in [0.15, 0.2) is 30.3 Å². The van der Waals surface area contributed by atoms with Gasteiger partial charge in [-0.15, -0.1) is 0 Å². The first kappa shape index (κ1) is 11.6. The summed E-state index contributed by atoms with van der Waals surface area (Å²) < 4.78 is 13.9. The maximum atomic E-state index is 13.9. The SMILES string of the molecule is C[C@@H](c1ccccc1)N1CC[C@](F)(CO)C1. The monoisotopic (exact) mass is 223 g/mol. The van der Waals surface area contributed by atoms with Crippen molar-refractivity contribution < 1.29 is 9.50 Å². The average Bonchev–Trinajstić information content (AvgIpc) is 2.73. The Morgan fingerprint density at radius 3 is 2.69 bits per heavy atom. The van der Waals surface area contributed by atoms with Gasteiger partial charge in [-0.3, -0.25) is 4.90 Å². The van der Waals surface area contributed by atoms with Gasteiger partial charge in [-0.05, 0) is 18.9 Å². The second-order valence-corrected chi connectivity index (χ2v) is 4.62. The first-order valence-electron chi connectivity index (χ1n) is 5.73. The van der Waals surface area contributed by atoms with Gasteiger partial charge in [0.25, 0.3) is 0 Å². The number of rotatable bonds is 3. The van der Waals surface area contributed by atoms with Crippen molar-refractivity contribution in [2.24, 2.45) is 0 Å².